The van der Waals surface area contributed by atoms with E-state index in [9.17, 15) is 13.6 Å². The van der Waals surface area contributed by atoms with Crippen LogP contribution < -0.4 is 5.32 Å². The number of benzene rings is 1. The number of carbonyl (C=O) groups is 1. The van der Waals surface area contributed by atoms with Crippen LogP contribution in [0.2, 0.25) is 0 Å². The lowest BCUT2D eigenvalue weighted by molar-refractivity contribution is -0.0147. The topological polar surface area (TPSA) is 48.1 Å². The molecule has 3 heterocycles. The van der Waals surface area contributed by atoms with E-state index in [1.54, 1.807) is 0 Å². The Balaban J connectivity index is 1.34. The molecule has 1 N–H and O–H groups in total. The number of ether oxygens (including phenoxy) is 1. The average molecular weight is 491 g/mol. The maximum absolute atomic E-state index is 14.8. The van der Waals surface area contributed by atoms with Gasteiger partial charge in [0.1, 0.15) is 11.6 Å². The van der Waals surface area contributed by atoms with E-state index in [0.717, 1.165) is 64.8 Å². The second kappa shape index (κ2) is 10.7. The average Bonchev–Trinajstić information content (AvgIpc) is 3.35. The van der Waals surface area contributed by atoms with Crippen LogP contribution in [0.3, 0.4) is 0 Å². The number of hydrogen-bond donors (Lipinski definition) is 1. The molecule has 0 bridgehead atoms. The number of hydrogen-bond acceptors (Lipinski definition) is 4. The highest BCUT2D eigenvalue weighted by Crippen LogP contribution is 2.49. The number of morpholine rings is 1. The summed E-state index contributed by atoms with van der Waals surface area (Å²) in [7, 11) is 1.89. The van der Waals surface area contributed by atoms with Crippen molar-refractivity contribution in [1.82, 2.24) is 20.0 Å². The van der Waals surface area contributed by atoms with E-state index in [-0.39, 0.29) is 23.1 Å². The zero-order valence-electron chi connectivity index (χ0n) is 21.0. The normalized spacial score (nSPS) is 29.6. The van der Waals surface area contributed by atoms with Gasteiger partial charge >= 0.3 is 6.03 Å². The van der Waals surface area contributed by atoms with Gasteiger partial charge in [-0.15, -0.1) is 0 Å². The zero-order valence-corrected chi connectivity index (χ0v) is 21.0. The van der Waals surface area contributed by atoms with Crippen LogP contribution in [0.15, 0.2) is 18.2 Å². The molecule has 1 saturated carbocycles. The highest BCUT2D eigenvalue weighted by molar-refractivity contribution is 5.75. The number of halogens is 2. The smallest absolute Gasteiger partial charge is 0.320 e. The van der Waals surface area contributed by atoms with Crippen LogP contribution in [-0.2, 0) is 4.74 Å². The number of nitrogens with one attached hydrogen (secondary N) is 1. The number of amides is 2. The second-order valence-electron chi connectivity index (χ2n) is 11.1. The van der Waals surface area contributed by atoms with E-state index in [4.69, 9.17) is 4.74 Å². The Labute approximate surface area is 208 Å². The summed E-state index contributed by atoms with van der Waals surface area (Å²) >= 11 is 0. The summed E-state index contributed by atoms with van der Waals surface area (Å²) in [5.74, 6) is -0.310. The Bertz CT molecular complexity index is 888. The highest BCUT2D eigenvalue weighted by Gasteiger charge is 2.48. The maximum Gasteiger partial charge on any atom is 0.320 e. The lowest BCUT2D eigenvalue weighted by atomic mass is 9.69. The number of rotatable bonds is 4. The molecule has 3 atom stereocenters. The van der Waals surface area contributed by atoms with Crippen LogP contribution in [-0.4, -0.2) is 86.3 Å². The van der Waals surface area contributed by atoms with Crippen molar-refractivity contribution in [2.45, 2.75) is 57.0 Å². The third-order valence-corrected chi connectivity index (χ3v) is 9.14. The largest absolute Gasteiger partial charge is 0.379 e. The van der Waals surface area contributed by atoms with Gasteiger partial charge < -0.3 is 19.9 Å². The number of carbonyl (C=O) groups excluding carboxylic acids is 1. The molecule has 0 radical (unpaired) electrons. The molecular formula is C27H40F2N4O2. The summed E-state index contributed by atoms with van der Waals surface area (Å²) in [5.41, 5.74) is 0.464. The highest BCUT2D eigenvalue weighted by atomic mass is 19.1. The summed E-state index contributed by atoms with van der Waals surface area (Å²) in [6.45, 7) is 6.77. The van der Waals surface area contributed by atoms with Crippen molar-refractivity contribution in [2.24, 2.45) is 11.3 Å². The van der Waals surface area contributed by atoms with Gasteiger partial charge in [-0.2, -0.15) is 0 Å². The molecule has 3 aliphatic heterocycles. The molecule has 35 heavy (non-hydrogen) atoms. The summed E-state index contributed by atoms with van der Waals surface area (Å²) in [5, 5.41) is 3.28. The van der Waals surface area contributed by atoms with E-state index in [0.29, 0.717) is 18.9 Å². The first-order valence-corrected chi connectivity index (χ1v) is 13.5. The van der Waals surface area contributed by atoms with Crippen molar-refractivity contribution in [2.75, 3.05) is 59.5 Å². The van der Waals surface area contributed by atoms with Gasteiger partial charge in [0.2, 0.25) is 0 Å². The predicted molar refractivity (Wildman–Crippen MR) is 131 cm³/mol. The number of nitrogens with zero attached hydrogens (tertiary/aromatic N) is 3. The van der Waals surface area contributed by atoms with E-state index < -0.39 is 17.7 Å². The SMILES string of the molecule is CN[C@@H]1CCN(C(=O)N2CC[C@@H](CN3CCOCC3)C3(CCCC3)C2)[C@H](c2cc(F)ccc2F)C1. The molecule has 2 amide bonds. The number of piperidine rings is 2. The molecule has 1 aliphatic carbocycles. The molecule has 1 aromatic rings. The molecule has 4 aliphatic rings. The summed E-state index contributed by atoms with van der Waals surface area (Å²) in [6, 6.07) is 3.30. The van der Waals surface area contributed by atoms with Gasteiger partial charge in [-0.1, -0.05) is 12.8 Å². The molecule has 8 heteroatoms. The zero-order chi connectivity index (χ0) is 24.4. The first-order chi connectivity index (χ1) is 17.0. The first kappa shape index (κ1) is 24.9. The van der Waals surface area contributed by atoms with Crippen molar-refractivity contribution in [3.8, 4) is 0 Å². The van der Waals surface area contributed by atoms with Gasteiger partial charge in [-0.3, -0.25) is 4.90 Å². The monoisotopic (exact) mass is 490 g/mol. The van der Waals surface area contributed by atoms with Crippen LogP contribution in [0, 0.1) is 23.0 Å². The molecular weight excluding hydrogens is 450 g/mol. The quantitative estimate of drug-likeness (QED) is 0.693. The van der Waals surface area contributed by atoms with Gasteiger partial charge in [-0.05, 0) is 68.7 Å². The Morgan fingerprint density at radius 3 is 2.63 bits per heavy atom. The van der Waals surface area contributed by atoms with E-state index in [2.05, 4.69) is 10.2 Å². The molecule has 0 aromatic heterocycles. The van der Waals surface area contributed by atoms with Crippen LogP contribution in [0.5, 0.6) is 0 Å². The Morgan fingerprint density at radius 1 is 1.11 bits per heavy atom. The molecule has 6 nitrogen and oxygen atoms in total. The van der Waals surface area contributed by atoms with Crippen molar-refractivity contribution in [3.63, 3.8) is 0 Å². The van der Waals surface area contributed by atoms with Crippen LogP contribution >= 0.6 is 0 Å². The molecule has 1 aromatic carbocycles. The number of likely N-dealkylation sites (tertiary alicyclic amines) is 2. The van der Waals surface area contributed by atoms with Crippen molar-refractivity contribution >= 4 is 6.03 Å². The molecule has 194 valence electrons. The minimum atomic E-state index is -0.464. The second-order valence-corrected chi connectivity index (χ2v) is 11.1. The van der Waals surface area contributed by atoms with E-state index >= 15 is 0 Å². The van der Waals surface area contributed by atoms with E-state index in [1.165, 1.54) is 37.8 Å². The molecule has 0 unspecified atom stereocenters. The molecule has 5 rings (SSSR count). The fourth-order valence-corrected chi connectivity index (χ4v) is 7.10. The summed E-state index contributed by atoms with van der Waals surface area (Å²) < 4.78 is 34.5. The third-order valence-electron chi connectivity index (χ3n) is 9.14. The predicted octanol–water partition coefficient (Wildman–Crippen LogP) is 4.02. The minimum Gasteiger partial charge on any atom is -0.379 e. The lowest BCUT2D eigenvalue weighted by Crippen LogP contribution is -2.57. The van der Waals surface area contributed by atoms with Crippen LogP contribution in [0.25, 0.3) is 0 Å². The van der Waals surface area contributed by atoms with Crippen LogP contribution in [0.4, 0.5) is 13.6 Å². The fraction of sp³-hybridized carbons (Fsp3) is 0.741. The molecule has 4 fully saturated rings. The van der Waals surface area contributed by atoms with Gasteiger partial charge in [0.15, 0.2) is 0 Å². The molecule has 3 saturated heterocycles. The Hall–Kier alpha value is -1.77. The van der Waals surface area contributed by atoms with Crippen molar-refractivity contribution in [1.29, 1.82) is 0 Å². The Kier molecular flexibility index (Phi) is 7.61. The molecule has 1 spiro atoms. The lowest BCUT2D eigenvalue weighted by Gasteiger charge is -2.50. The van der Waals surface area contributed by atoms with Crippen LogP contribution in [0.1, 0.15) is 56.6 Å². The van der Waals surface area contributed by atoms with Crippen molar-refractivity contribution < 1.29 is 18.3 Å². The minimum absolute atomic E-state index is 0.00990. The maximum atomic E-state index is 14.8. The van der Waals surface area contributed by atoms with Gasteiger partial charge in [0.25, 0.3) is 0 Å². The summed E-state index contributed by atoms with van der Waals surface area (Å²) in [4.78, 5) is 20.3. The first-order valence-electron chi connectivity index (χ1n) is 13.5. The van der Waals surface area contributed by atoms with Gasteiger partial charge in [0.05, 0.1) is 19.3 Å². The van der Waals surface area contributed by atoms with Gasteiger partial charge in [0, 0.05) is 50.9 Å². The third kappa shape index (κ3) is 5.20. The number of urea groups is 1. The van der Waals surface area contributed by atoms with Crippen molar-refractivity contribution in [3.05, 3.63) is 35.4 Å². The fourth-order valence-electron chi connectivity index (χ4n) is 7.10. The Morgan fingerprint density at radius 2 is 1.89 bits per heavy atom. The summed E-state index contributed by atoms with van der Waals surface area (Å²) in [6.07, 6.45) is 7.22. The standard InChI is InChI=1S/C27H40F2N4O2/c1-30-22-7-11-33(25(17-22)23-16-21(28)4-5-24(23)29)26(34)32-10-6-20(18-31-12-14-35-15-13-31)27(19-32)8-2-3-9-27/h4-5,16,20,22,25,30H,2-3,6-15,17-19H2,1H3/t20-,22+,25-/m0/s1. The van der Waals surface area contributed by atoms with Gasteiger partial charge in [-0.25, -0.2) is 13.6 Å². The van der Waals surface area contributed by atoms with E-state index in [1.807, 2.05) is 16.8 Å².